The number of rotatable bonds is 6. The molecule has 1 aromatic carbocycles. The molecule has 1 amide bonds. The van der Waals surface area contributed by atoms with Crippen LogP contribution in [0.1, 0.15) is 21.7 Å². The summed E-state index contributed by atoms with van der Waals surface area (Å²) < 4.78 is 5.28. The summed E-state index contributed by atoms with van der Waals surface area (Å²) >= 11 is 0. The first-order valence-electron chi connectivity index (χ1n) is 8.21. The highest BCUT2D eigenvalue weighted by Gasteiger charge is 2.11. The van der Waals surface area contributed by atoms with Gasteiger partial charge in [-0.15, -0.1) is 0 Å². The molecule has 6 heteroatoms. The van der Waals surface area contributed by atoms with Crippen LogP contribution in [-0.4, -0.2) is 23.0 Å². The fourth-order valence-electron chi connectivity index (χ4n) is 2.43. The molecule has 132 valence electrons. The third kappa shape index (κ3) is 4.36. The molecule has 0 bridgehead atoms. The number of aromatic nitrogens is 2. The van der Waals surface area contributed by atoms with Gasteiger partial charge in [-0.05, 0) is 48.9 Å². The molecule has 0 saturated heterocycles. The minimum absolute atomic E-state index is 0.287. The van der Waals surface area contributed by atoms with Gasteiger partial charge in [-0.1, -0.05) is 12.1 Å². The van der Waals surface area contributed by atoms with E-state index in [1.807, 2.05) is 49.4 Å². The van der Waals surface area contributed by atoms with Crippen LogP contribution >= 0.6 is 0 Å². The van der Waals surface area contributed by atoms with Crippen LogP contribution in [0.3, 0.4) is 0 Å². The highest BCUT2D eigenvalue weighted by molar-refractivity contribution is 6.03. The van der Waals surface area contributed by atoms with E-state index in [4.69, 9.17) is 4.74 Å². The third-order valence-electron chi connectivity index (χ3n) is 3.80. The molecule has 0 atom stereocenters. The molecule has 6 nitrogen and oxygen atoms in total. The molecule has 0 spiro atoms. The molecular formula is C20H20N4O2. The Balaban J connectivity index is 1.64. The van der Waals surface area contributed by atoms with Crippen molar-refractivity contribution in [2.45, 2.75) is 13.5 Å². The number of benzene rings is 1. The summed E-state index contributed by atoms with van der Waals surface area (Å²) in [6, 6.07) is 14.9. The van der Waals surface area contributed by atoms with Gasteiger partial charge in [-0.25, -0.2) is 4.98 Å². The SMILES string of the molecule is COc1ccc(C)cc1NC(=O)c1ccc(NCc2ccccn2)cn1. The summed E-state index contributed by atoms with van der Waals surface area (Å²) in [6.07, 6.45) is 3.38. The molecule has 0 fully saturated rings. The van der Waals surface area contributed by atoms with Crippen molar-refractivity contribution in [3.05, 3.63) is 77.9 Å². The number of hydrogen-bond acceptors (Lipinski definition) is 5. The van der Waals surface area contributed by atoms with Crippen LogP contribution in [0.25, 0.3) is 0 Å². The van der Waals surface area contributed by atoms with Crippen molar-refractivity contribution in [1.82, 2.24) is 9.97 Å². The molecule has 0 radical (unpaired) electrons. The topological polar surface area (TPSA) is 76.1 Å². The van der Waals surface area contributed by atoms with E-state index in [1.54, 1.807) is 25.6 Å². The zero-order chi connectivity index (χ0) is 18.4. The van der Waals surface area contributed by atoms with E-state index >= 15 is 0 Å². The first-order chi connectivity index (χ1) is 12.7. The maximum absolute atomic E-state index is 12.4. The molecule has 3 rings (SSSR count). The molecule has 2 N–H and O–H groups in total. The number of carbonyl (C=O) groups excluding carboxylic acids is 1. The lowest BCUT2D eigenvalue weighted by atomic mass is 10.2. The molecule has 2 aromatic heterocycles. The van der Waals surface area contributed by atoms with E-state index in [1.165, 1.54) is 0 Å². The number of hydrogen-bond donors (Lipinski definition) is 2. The number of pyridine rings is 2. The number of amides is 1. The van der Waals surface area contributed by atoms with Gasteiger partial charge >= 0.3 is 0 Å². The molecular weight excluding hydrogens is 328 g/mol. The van der Waals surface area contributed by atoms with E-state index < -0.39 is 0 Å². The lowest BCUT2D eigenvalue weighted by molar-refractivity contribution is 0.102. The molecule has 0 saturated carbocycles. The van der Waals surface area contributed by atoms with E-state index in [2.05, 4.69) is 20.6 Å². The average molecular weight is 348 g/mol. The van der Waals surface area contributed by atoms with Gasteiger partial charge in [0.25, 0.3) is 5.91 Å². The van der Waals surface area contributed by atoms with E-state index in [9.17, 15) is 4.79 Å². The first kappa shape index (κ1) is 17.4. The second-order valence-electron chi connectivity index (χ2n) is 5.76. The molecule has 0 aliphatic carbocycles. The van der Waals surface area contributed by atoms with Gasteiger partial charge in [-0.2, -0.15) is 0 Å². The summed E-state index contributed by atoms with van der Waals surface area (Å²) in [4.78, 5) is 20.9. The summed E-state index contributed by atoms with van der Waals surface area (Å²) in [6.45, 7) is 2.55. The quantitative estimate of drug-likeness (QED) is 0.711. The van der Waals surface area contributed by atoms with Gasteiger partial charge in [0.05, 0.1) is 36.9 Å². The zero-order valence-corrected chi connectivity index (χ0v) is 14.7. The minimum Gasteiger partial charge on any atom is -0.495 e. The van der Waals surface area contributed by atoms with Crippen molar-refractivity contribution in [3.63, 3.8) is 0 Å². The predicted molar refractivity (Wildman–Crippen MR) is 101 cm³/mol. The van der Waals surface area contributed by atoms with Gasteiger partial charge in [0.2, 0.25) is 0 Å². The number of nitrogens with one attached hydrogen (secondary N) is 2. The van der Waals surface area contributed by atoms with Gasteiger partial charge < -0.3 is 15.4 Å². The Labute approximate surface area is 152 Å². The van der Waals surface area contributed by atoms with Gasteiger partial charge in [0.1, 0.15) is 11.4 Å². The van der Waals surface area contributed by atoms with Crippen LogP contribution in [-0.2, 0) is 6.54 Å². The number of aryl methyl sites for hydroxylation is 1. The number of anilines is 2. The second kappa shape index (κ2) is 8.11. The molecule has 0 unspecified atom stereocenters. The molecule has 3 aromatic rings. The Bertz CT molecular complexity index is 880. The molecule has 2 heterocycles. The fraction of sp³-hybridized carbons (Fsp3) is 0.150. The predicted octanol–water partition coefficient (Wildman–Crippen LogP) is 3.66. The van der Waals surface area contributed by atoms with Crippen LogP contribution < -0.4 is 15.4 Å². The number of ether oxygens (including phenoxy) is 1. The van der Waals surface area contributed by atoms with Crippen molar-refractivity contribution in [1.29, 1.82) is 0 Å². The van der Waals surface area contributed by atoms with Crippen LogP contribution in [0.5, 0.6) is 5.75 Å². The fourth-order valence-corrected chi connectivity index (χ4v) is 2.43. The lowest BCUT2D eigenvalue weighted by Crippen LogP contribution is -2.14. The van der Waals surface area contributed by atoms with Crippen LogP contribution in [0.4, 0.5) is 11.4 Å². The van der Waals surface area contributed by atoms with Crippen molar-refractivity contribution >= 4 is 17.3 Å². The highest BCUT2D eigenvalue weighted by Crippen LogP contribution is 2.25. The van der Waals surface area contributed by atoms with Crippen LogP contribution in [0.15, 0.2) is 60.9 Å². The van der Waals surface area contributed by atoms with E-state index in [-0.39, 0.29) is 5.91 Å². The van der Waals surface area contributed by atoms with Gasteiger partial charge in [0.15, 0.2) is 0 Å². The Kier molecular flexibility index (Phi) is 5.43. The smallest absolute Gasteiger partial charge is 0.274 e. The summed E-state index contributed by atoms with van der Waals surface area (Å²) in [5.41, 5.74) is 3.73. The van der Waals surface area contributed by atoms with E-state index in [0.29, 0.717) is 23.7 Å². The lowest BCUT2D eigenvalue weighted by Gasteiger charge is -2.11. The zero-order valence-electron chi connectivity index (χ0n) is 14.7. The summed E-state index contributed by atoms with van der Waals surface area (Å²) in [5.74, 6) is 0.322. The maximum atomic E-state index is 12.4. The Morgan fingerprint density at radius 2 is 2.00 bits per heavy atom. The normalized spacial score (nSPS) is 10.2. The number of nitrogens with zero attached hydrogens (tertiary/aromatic N) is 2. The monoisotopic (exact) mass is 348 g/mol. The van der Waals surface area contributed by atoms with Crippen molar-refractivity contribution < 1.29 is 9.53 Å². The Hall–Kier alpha value is -3.41. The minimum atomic E-state index is -0.287. The molecule has 0 aliphatic rings. The molecule has 0 aliphatic heterocycles. The number of methoxy groups -OCH3 is 1. The first-order valence-corrected chi connectivity index (χ1v) is 8.21. The van der Waals surface area contributed by atoms with Gasteiger partial charge in [-0.3, -0.25) is 9.78 Å². The summed E-state index contributed by atoms with van der Waals surface area (Å²) in [5, 5.41) is 6.06. The van der Waals surface area contributed by atoms with Gasteiger partial charge in [0, 0.05) is 6.20 Å². The second-order valence-corrected chi connectivity index (χ2v) is 5.76. The van der Waals surface area contributed by atoms with Crippen molar-refractivity contribution in [3.8, 4) is 5.75 Å². The largest absolute Gasteiger partial charge is 0.495 e. The van der Waals surface area contributed by atoms with Crippen molar-refractivity contribution in [2.75, 3.05) is 17.7 Å². The van der Waals surface area contributed by atoms with E-state index in [0.717, 1.165) is 16.9 Å². The van der Waals surface area contributed by atoms with Crippen LogP contribution in [0.2, 0.25) is 0 Å². The Morgan fingerprint density at radius 1 is 1.12 bits per heavy atom. The highest BCUT2D eigenvalue weighted by atomic mass is 16.5. The van der Waals surface area contributed by atoms with Crippen LogP contribution in [0, 0.1) is 6.92 Å². The maximum Gasteiger partial charge on any atom is 0.274 e. The third-order valence-corrected chi connectivity index (χ3v) is 3.80. The average Bonchev–Trinajstić information content (AvgIpc) is 2.68. The Morgan fingerprint density at radius 3 is 2.69 bits per heavy atom. The number of carbonyl (C=O) groups is 1. The molecule has 26 heavy (non-hydrogen) atoms. The van der Waals surface area contributed by atoms with Crippen molar-refractivity contribution in [2.24, 2.45) is 0 Å². The standard InChI is InChI=1S/C20H20N4O2/c1-14-6-9-19(26-2)18(11-14)24-20(25)17-8-7-16(13-23-17)22-12-15-5-3-4-10-21-15/h3-11,13,22H,12H2,1-2H3,(H,24,25). The summed E-state index contributed by atoms with van der Waals surface area (Å²) in [7, 11) is 1.57.